The maximum Gasteiger partial charge on any atom is 0.249 e. The number of nitrogens with zero attached hydrogens (tertiary/aromatic N) is 3. The van der Waals surface area contributed by atoms with Crippen molar-refractivity contribution < 1.29 is 0 Å². The van der Waals surface area contributed by atoms with Gasteiger partial charge in [0.2, 0.25) is 5.95 Å². The second-order valence-corrected chi connectivity index (χ2v) is 5.89. The van der Waals surface area contributed by atoms with Gasteiger partial charge in [0, 0.05) is 10.7 Å². The molecule has 24 heavy (non-hydrogen) atoms. The number of aromatic nitrogens is 3. The van der Waals surface area contributed by atoms with Crippen LogP contribution in [0.15, 0.2) is 48.7 Å². The molecule has 122 valence electrons. The van der Waals surface area contributed by atoms with E-state index in [0.29, 0.717) is 27.5 Å². The van der Waals surface area contributed by atoms with E-state index in [1.54, 1.807) is 18.2 Å². The lowest BCUT2D eigenvalue weighted by molar-refractivity contribution is 0.980. The Labute approximate surface area is 150 Å². The molecule has 1 aromatic heterocycles. The first-order chi connectivity index (χ1) is 11.7. The average Bonchev–Trinajstić information content (AvgIpc) is 2.59. The van der Waals surface area contributed by atoms with Gasteiger partial charge in [0.15, 0.2) is 5.82 Å². The van der Waals surface area contributed by atoms with E-state index in [9.17, 15) is 0 Å². The van der Waals surface area contributed by atoms with Crippen molar-refractivity contribution >= 4 is 46.3 Å². The number of nitrogens with one attached hydrogen (secondary N) is 2. The summed E-state index contributed by atoms with van der Waals surface area (Å²) >= 11 is 12.2. The van der Waals surface area contributed by atoms with Gasteiger partial charge in [-0.15, -0.1) is 5.10 Å². The van der Waals surface area contributed by atoms with Crippen LogP contribution in [0.3, 0.4) is 0 Å². The van der Waals surface area contributed by atoms with Gasteiger partial charge in [-0.25, -0.2) is 0 Å². The van der Waals surface area contributed by atoms with Crippen LogP contribution in [0.25, 0.3) is 0 Å². The fourth-order valence-corrected chi connectivity index (χ4v) is 2.56. The van der Waals surface area contributed by atoms with E-state index in [-0.39, 0.29) is 0 Å². The molecule has 5 nitrogen and oxygen atoms in total. The second kappa shape index (κ2) is 7.47. The van der Waals surface area contributed by atoms with E-state index in [1.165, 1.54) is 11.8 Å². The molecule has 0 aliphatic rings. The van der Waals surface area contributed by atoms with E-state index >= 15 is 0 Å². The van der Waals surface area contributed by atoms with Crippen LogP contribution >= 0.6 is 23.2 Å². The summed E-state index contributed by atoms with van der Waals surface area (Å²) in [6.07, 6.45) is 2.43. The second-order valence-electron chi connectivity index (χ2n) is 5.05. The number of rotatable bonds is 5. The lowest BCUT2D eigenvalue weighted by atomic mass is 10.1. The van der Waals surface area contributed by atoms with Crippen LogP contribution in [0.4, 0.5) is 23.1 Å². The largest absolute Gasteiger partial charge is 0.338 e. The molecule has 0 fully saturated rings. The SMILES string of the molecule is CCc1ccccc1Nc1nncc(Nc2cc(Cl)ccc2Cl)n1. The van der Waals surface area contributed by atoms with Gasteiger partial charge in [-0.2, -0.15) is 10.1 Å². The van der Waals surface area contributed by atoms with Crippen molar-refractivity contribution in [3.8, 4) is 0 Å². The van der Waals surface area contributed by atoms with Crippen molar-refractivity contribution in [3.63, 3.8) is 0 Å². The molecule has 0 radical (unpaired) electrons. The lowest BCUT2D eigenvalue weighted by Crippen LogP contribution is -2.04. The third-order valence-electron chi connectivity index (χ3n) is 3.39. The Hall–Kier alpha value is -2.37. The number of anilines is 4. The Kier molecular flexibility index (Phi) is 5.13. The molecule has 2 N–H and O–H groups in total. The van der Waals surface area contributed by atoms with E-state index in [1.807, 2.05) is 18.2 Å². The van der Waals surface area contributed by atoms with Crippen molar-refractivity contribution in [2.75, 3.05) is 10.6 Å². The average molecular weight is 360 g/mol. The van der Waals surface area contributed by atoms with Gasteiger partial charge in [0.1, 0.15) is 0 Å². The van der Waals surface area contributed by atoms with Gasteiger partial charge in [-0.3, -0.25) is 0 Å². The third kappa shape index (κ3) is 3.93. The highest BCUT2D eigenvalue weighted by molar-refractivity contribution is 6.35. The predicted octanol–water partition coefficient (Wildman–Crippen LogP) is 5.23. The van der Waals surface area contributed by atoms with Gasteiger partial charge >= 0.3 is 0 Å². The smallest absolute Gasteiger partial charge is 0.249 e. The van der Waals surface area contributed by atoms with Crippen LogP contribution in [0.5, 0.6) is 0 Å². The standard InChI is InChI=1S/C17H15Cl2N5/c1-2-11-5-3-4-6-14(11)22-17-23-16(10-20-24-17)21-15-9-12(18)7-8-13(15)19/h3-10H,2H2,1H3,(H2,21,22,23,24). The molecule has 3 rings (SSSR count). The summed E-state index contributed by atoms with van der Waals surface area (Å²) in [6.45, 7) is 2.10. The minimum atomic E-state index is 0.402. The van der Waals surface area contributed by atoms with Crippen LogP contribution in [0.1, 0.15) is 12.5 Å². The van der Waals surface area contributed by atoms with E-state index in [0.717, 1.165) is 12.1 Å². The summed E-state index contributed by atoms with van der Waals surface area (Å²) in [7, 11) is 0. The molecule has 0 unspecified atom stereocenters. The minimum Gasteiger partial charge on any atom is -0.338 e. The van der Waals surface area contributed by atoms with E-state index in [2.05, 4.69) is 38.8 Å². The van der Waals surface area contributed by atoms with Gasteiger partial charge in [0.05, 0.1) is 16.9 Å². The van der Waals surface area contributed by atoms with Gasteiger partial charge in [0.25, 0.3) is 0 Å². The fraction of sp³-hybridized carbons (Fsp3) is 0.118. The van der Waals surface area contributed by atoms with E-state index < -0.39 is 0 Å². The van der Waals surface area contributed by atoms with Crippen LogP contribution in [-0.2, 0) is 6.42 Å². The zero-order valence-electron chi connectivity index (χ0n) is 12.9. The summed E-state index contributed by atoms with van der Waals surface area (Å²) in [5.41, 5.74) is 2.79. The quantitative estimate of drug-likeness (QED) is 0.653. The maximum absolute atomic E-state index is 6.15. The molecule has 0 saturated carbocycles. The van der Waals surface area contributed by atoms with Gasteiger partial charge < -0.3 is 10.6 Å². The molecule has 1 heterocycles. The van der Waals surface area contributed by atoms with Crippen molar-refractivity contribution in [1.82, 2.24) is 15.2 Å². The molecule has 0 aliphatic heterocycles. The predicted molar refractivity (Wildman–Crippen MR) is 98.7 cm³/mol. The Morgan fingerprint density at radius 2 is 1.83 bits per heavy atom. The summed E-state index contributed by atoms with van der Waals surface area (Å²) in [5.74, 6) is 0.921. The molecule has 0 aliphatic carbocycles. The van der Waals surface area contributed by atoms with Crippen LogP contribution in [-0.4, -0.2) is 15.2 Å². The first-order valence-corrected chi connectivity index (χ1v) is 8.18. The number of halogens is 2. The molecule has 0 saturated heterocycles. The van der Waals surface area contributed by atoms with Crippen LogP contribution in [0, 0.1) is 0 Å². The molecule has 0 spiro atoms. The molecular weight excluding hydrogens is 345 g/mol. The summed E-state index contributed by atoms with van der Waals surface area (Å²) in [4.78, 5) is 4.41. The fourth-order valence-electron chi connectivity index (χ4n) is 2.22. The van der Waals surface area contributed by atoms with E-state index in [4.69, 9.17) is 23.2 Å². The molecule has 3 aromatic rings. The first kappa shape index (κ1) is 16.5. The number of benzene rings is 2. The Morgan fingerprint density at radius 3 is 2.67 bits per heavy atom. The normalized spacial score (nSPS) is 10.5. The first-order valence-electron chi connectivity index (χ1n) is 7.42. The van der Waals surface area contributed by atoms with Gasteiger partial charge in [-0.1, -0.05) is 48.3 Å². The molecule has 7 heteroatoms. The van der Waals surface area contributed by atoms with Crippen molar-refractivity contribution in [2.24, 2.45) is 0 Å². The zero-order chi connectivity index (χ0) is 16.9. The summed E-state index contributed by atoms with van der Waals surface area (Å²) in [5, 5.41) is 15.4. The number of aryl methyl sites for hydroxylation is 1. The Balaban J connectivity index is 1.83. The third-order valence-corrected chi connectivity index (χ3v) is 3.96. The highest BCUT2D eigenvalue weighted by atomic mass is 35.5. The van der Waals surface area contributed by atoms with Crippen molar-refractivity contribution in [1.29, 1.82) is 0 Å². The summed E-state index contributed by atoms with van der Waals surface area (Å²) < 4.78 is 0. The molecule has 0 atom stereocenters. The number of hydrogen-bond acceptors (Lipinski definition) is 5. The topological polar surface area (TPSA) is 62.7 Å². The zero-order valence-corrected chi connectivity index (χ0v) is 14.4. The lowest BCUT2D eigenvalue weighted by Gasteiger charge is -2.11. The number of para-hydroxylation sites is 1. The van der Waals surface area contributed by atoms with Gasteiger partial charge in [-0.05, 0) is 36.2 Å². The monoisotopic (exact) mass is 359 g/mol. The minimum absolute atomic E-state index is 0.402. The van der Waals surface area contributed by atoms with Crippen molar-refractivity contribution in [3.05, 3.63) is 64.3 Å². The molecule has 0 bridgehead atoms. The Bertz CT molecular complexity index is 854. The molecule has 0 amide bonds. The highest BCUT2D eigenvalue weighted by Crippen LogP contribution is 2.28. The highest BCUT2D eigenvalue weighted by Gasteiger charge is 2.07. The molecular formula is C17H15Cl2N5. The Morgan fingerprint density at radius 1 is 1.00 bits per heavy atom. The van der Waals surface area contributed by atoms with Crippen molar-refractivity contribution in [2.45, 2.75) is 13.3 Å². The summed E-state index contributed by atoms with van der Waals surface area (Å²) in [6, 6.07) is 13.2. The van der Waals surface area contributed by atoms with Crippen LogP contribution < -0.4 is 10.6 Å². The van der Waals surface area contributed by atoms with Crippen LogP contribution in [0.2, 0.25) is 10.0 Å². The molecule has 2 aromatic carbocycles. The number of hydrogen-bond donors (Lipinski definition) is 2. The maximum atomic E-state index is 6.15.